The largest absolute Gasteiger partial charge is 0.508 e. The van der Waals surface area contributed by atoms with Crippen molar-refractivity contribution in [3.8, 4) is 5.75 Å². The van der Waals surface area contributed by atoms with Crippen LogP contribution in [0.3, 0.4) is 0 Å². The van der Waals surface area contributed by atoms with Crippen LogP contribution in [0.25, 0.3) is 10.8 Å². The number of carbonyl (C=O) groups excluding carboxylic acids is 3. The van der Waals surface area contributed by atoms with Crippen LogP contribution in [0.15, 0.2) is 66.7 Å². The molecule has 0 radical (unpaired) electrons. The van der Waals surface area contributed by atoms with Crippen molar-refractivity contribution >= 4 is 34.4 Å². The molecule has 3 unspecified atom stereocenters. The van der Waals surface area contributed by atoms with Crippen LogP contribution in [0.4, 0.5) is 10.5 Å². The van der Waals surface area contributed by atoms with Gasteiger partial charge in [-0.3, -0.25) is 9.59 Å². The third-order valence-corrected chi connectivity index (χ3v) is 7.72. The van der Waals surface area contributed by atoms with Crippen LogP contribution in [0.1, 0.15) is 91.7 Å². The van der Waals surface area contributed by atoms with Gasteiger partial charge in [-0.15, -0.1) is 0 Å². The Kier molecular flexibility index (Phi) is 12.6. The number of carbonyl (C=O) groups is 3. The summed E-state index contributed by atoms with van der Waals surface area (Å²) in [4.78, 5) is 43.2. The van der Waals surface area contributed by atoms with Crippen molar-refractivity contribution in [2.45, 2.75) is 97.8 Å². The van der Waals surface area contributed by atoms with E-state index in [0.717, 1.165) is 36.5 Å². The normalized spacial score (nSPS) is 13.5. The highest BCUT2D eigenvalue weighted by Crippen LogP contribution is 2.29. The summed E-state index contributed by atoms with van der Waals surface area (Å²) in [5.41, 5.74) is 0.432. The van der Waals surface area contributed by atoms with Gasteiger partial charge in [0.25, 0.3) is 5.91 Å². The van der Waals surface area contributed by atoms with Crippen molar-refractivity contribution in [1.82, 2.24) is 10.2 Å². The number of nitrogens with zero attached hydrogens (tertiary/aromatic N) is 1. The molecule has 3 amide bonds. The highest BCUT2D eigenvalue weighted by atomic mass is 16.6. The Morgan fingerprint density at radius 2 is 1.55 bits per heavy atom. The number of nitrogens with one attached hydrogen (secondary N) is 2. The molecule has 0 heterocycles. The van der Waals surface area contributed by atoms with Crippen LogP contribution in [-0.4, -0.2) is 46.1 Å². The van der Waals surface area contributed by atoms with E-state index in [0.29, 0.717) is 30.6 Å². The minimum atomic E-state index is -1.01. The molecule has 3 N–H and O–H groups in total. The Labute approximate surface area is 262 Å². The fraction of sp³-hybridized carbons (Fsp3) is 0.472. The fourth-order valence-electron chi connectivity index (χ4n) is 5.16. The van der Waals surface area contributed by atoms with Gasteiger partial charge in [0.05, 0.1) is 0 Å². The Bertz CT molecular complexity index is 1380. The van der Waals surface area contributed by atoms with E-state index < -0.39 is 23.8 Å². The van der Waals surface area contributed by atoms with E-state index in [4.69, 9.17) is 4.74 Å². The van der Waals surface area contributed by atoms with E-state index in [9.17, 15) is 19.5 Å². The first-order chi connectivity index (χ1) is 20.9. The van der Waals surface area contributed by atoms with Crippen LogP contribution in [0.2, 0.25) is 0 Å². The van der Waals surface area contributed by atoms with E-state index in [-0.39, 0.29) is 23.5 Å². The van der Waals surface area contributed by atoms with E-state index in [2.05, 4.69) is 17.6 Å². The second kappa shape index (κ2) is 16.1. The average molecular weight is 604 g/mol. The molecule has 238 valence electrons. The third kappa shape index (κ3) is 10.00. The lowest BCUT2D eigenvalue weighted by molar-refractivity contribution is -0.142. The molecule has 3 rings (SSSR count). The number of rotatable bonds is 14. The zero-order valence-corrected chi connectivity index (χ0v) is 27.1. The number of phenols is 1. The van der Waals surface area contributed by atoms with E-state index >= 15 is 0 Å². The summed E-state index contributed by atoms with van der Waals surface area (Å²) in [6.45, 7) is 11.6. The zero-order valence-electron chi connectivity index (χ0n) is 27.1. The summed E-state index contributed by atoms with van der Waals surface area (Å²) in [6, 6.07) is 18.0. The molecule has 8 nitrogen and oxygen atoms in total. The first-order valence-electron chi connectivity index (χ1n) is 15.8. The monoisotopic (exact) mass is 603 g/mol. The number of unbranched alkanes of at least 4 members (excludes halogenated alkanes) is 4. The Hall–Kier alpha value is -4.07. The van der Waals surface area contributed by atoms with Crippen LogP contribution in [0.5, 0.6) is 5.75 Å². The van der Waals surface area contributed by atoms with Crippen molar-refractivity contribution < 1.29 is 24.2 Å². The van der Waals surface area contributed by atoms with Gasteiger partial charge in [0.1, 0.15) is 23.4 Å². The van der Waals surface area contributed by atoms with Gasteiger partial charge >= 0.3 is 6.09 Å². The minimum Gasteiger partial charge on any atom is -0.508 e. The van der Waals surface area contributed by atoms with Crippen LogP contribution in [0, 0.1) is 5.92 Å². The van der Waals surface area contributed by atoms with Crippen molar-refractivity contribution in [3.05, 3.63) is 72.3 Å². The predicted octanol–water partition coefficient (Wildman–Crippen LogP) is 7.96. The molecular formula is C36H49N3O5. The number of fused-ring (bicyclic) bond motifs is 1. The van der Waals surface area contributed by atoms with Crippen LogP contribution >= 0.6 is 0 Å². The number of phenolic OH excluding ortho intramolecular Hbond substituents is 1. The maximum Gasteiger partial charge on any atom is 0.408 e. The molecule has 0 fully saturated rings. The Morgan fingerprint density at radius 1 is 0.886 bits per heavy atom. The summed E-state index contributed by atoms with van der Waals surface area (Å²) in [5.74, 6) is -0.897. The lowest BCUT2D eigenvalue weighted by atomic mass is 9.95. The van der Waals surface area contributed by atoms with Gasteiger partial charge in [-0.2, -0.15) is 0 Å². The maximum atomic E-state index is 14.5. The number of hydrogen-bond donors (Lipinski definition) is 3. The van der Waals surface area contributed by atoms with Crippen molar-refractivity contribution in [1.29, 1.82) is 0 Å². The zero-order chi connectivity index (χ0) is 32.3. The third-order valence-electron chi connectivity index (χ3n) is 7.72. The predicted molar refractivity (Wildman–Crippen MR) is 177 cm³/mol. The summed E-state index contributed by atoms with van der Waals surface area (Å²) in [5, 5.41) is 17.9. The molecule has 0 bridgehead atoms. The Balaban J connectivity index is 2.03. The first kappa shape index (κ1) is 34.4. The highest BCUT2D eigenvalue weighted by molar-refractivity contribution is 6.00. The topological polar surface area (TPSA) is 108 Å². The SMILES string of the molecule is CCCCCCCN(C(=O)C(NC(=O)OC(C)(C)C)C(C)CC)C(C(=O)Nc1ccc2ccccc2c1)c1ccc(O)cc1. The molecule has 0 aliphatic carbocycles. The van der Waals surface area contributed by atoms with E-state index in [1.165, 1.54) is 12.1 Å². The molecule has 0 aliphatic rings. The standard InChI is InChI=1S/C36H49N3O5/c1-7-9-10-11-14-23-39(34(42)31(25(3)8-2)38-35(43)44-36(4,5)6)32(27-18-21-30(40)22-19-27)33(41)37-29-20-17-26-15-12-13-16-28(26)24-29/h12-13,15-22,24-25,31-32,40H,7-11,14,23H2,1-6H3,(H,37,41)(H,38,43). The van der Waals surface area contributed by atoms with Gasteiger partial charge in [-0.05, 0) is 73.7 Å². The first-order valence-corrected chi connectivity index (χ1v) is 15.8. The quantitative estimate of drug-likeness (QED) is 0.162. The summed E-state index contributed by atoms with van der Waals surface area (Å²) in [6.07, 6.45) is 4.75. The van der Waals surface area contributed by atoms with Crippen LogP contribution < -0.4 is 10.6 Å². The molecule has 8 heteroatoms. The average Bonchev–Trinajstić information content (AvgIpc) is 2.98. The lowest BCUT2D eigenvalue weighted by Crippen LogP contribution is -2.55. The van der Waals surface area contributed by atoms with Crippen molar-refractivity contribution in [3.63, 3.8) is 0 Å². The minimum absolute atomic E-state index is 0.0592. The Morgan fingerprint density at radius 3 is 2.18 bits per heavy atom. The fourth-order valence-corrected chi connectivity index (χ4v) is 5.16. The van der Waals surface area contributed by atoms with Gasteiger partial charge in [0.2, 0.25) is 5.91 Å². The van der Waals surface area contributed by atoms with E-state index in [1.807, 2.05) is 56.3 Å². The summed E-state index contributed by atoms with van der Waals surface area (Å²) < 4.78 is 5.51. The molecule has 3 aromatic rings. The van der Waals surface area contributed by atoms with Gasteiger partial charge in [0, 0.05) is 12.2 Å². The molecule has 0 aromatic heterocycles. The maximum absolute atomic E-state index is 14.5. The van der Waals surface area contributed by atoms with Gasteiger partial charge in [0.15, 0.2) is 0 Å². The molecular weight excluding hydrogens is 554 g/mol. The second-order valence-corrected chi connectivity index (χ2v) is 12.5. The molecule has 44 heavy (non-hydrogen) atoms. The second-order valence-electron chi connectivity index (χ2n) is 12.5. The molecule has 0 saturated carbocycles. The molecule has 3 atom stereocenters. The van der Waals surface area contributed by atoms with Gasteiger partial charge in [-0.25, -0.2) is 4.79 Å². The number of amides is 3. The van der Waals surface area contributed by atoms with Crippen molar-refractivity contribution in [2.24, 2.45) is 5.92 Å². The summed E-state index contributed by atoms with van der Waals surface area (Å²) >= 11 is 0. The van der Waals surface area contributed by atoms with Gasteiger partial charge in [-0.1, -0.05) is 95.3 Å². The number of anilines is 1. The number of ether oxygens (including phenoxy) is 1. The summed E-state index contributed by atoms with van der Waals surface area (Å²) in [7, 11) is 0. The molecule has 0 aliphatic heterocycles. The highest BCUT2D eigenvalue weighted by Gasteiger charge is 2.38. The smallest absolute Gasteiger partial charge is 0.408 e. The van der Waals surface area contributed by atoms with Gasteiger partial charge < -0.3 is 25.4 Å². The number of alkyl carbamates (subject to hydrolysis) is 1. The lowest BCUT2D eigenvalue weighted by Gasteiger charge is -2.36. The molecule has 0 saturated heterocycles. The molecule has 3 aromatic carbocycles. The van der Waals surface area contributed by atoms with Crippen LogP contribution in [-0.2, 0) is 14.3 Å². The number of benzene rings is 3. The number of aromatic hydroxyl groups is 1. The van der Waals surface area contributed by atoms with E-state index in [1.54, 1.807) is 37.8 Å². The van der Waals surface area contributed by atoms with Crippen molar-refractivity contribution in [2.75, 3.05) is 11.9 Å². The molecule has 0 spiro atoms. The number of hydrogen-bond acceptors (Lipinski definition) is 5.